The number of Topliss-reactive ketones (excluding diaryl/α,β-unsaturated/α-hetero) is 1. The largest absolute Gasteiger partial charge is 0.497 e. The van der Waals surface area contributed by atoms with Crippen molar-refractivity contribution >= 4 is 17.4 Å². The fourth-order valence-corrected chi connectivity index (χ4v) is 2.41. The highest BCUT2D eigenvalue weighted by molar-refractivity contribution is 6.00. The second-order valence-corrected chi connectivity index (χ2v) is 5.27. The van der Waals surface area contributed by atoms with Crippen LogP contribution < -0.4 is 24.3 Å². The molecule has 3 rings (SSSR count). The van der Waals surface area contributed by atoms with Gasteiger partial charge >= 0.3 is 0 Å². The van der Waals surface area contributed by atoms with Crippen LogP contribution in [0.4, 0.5) is 5.69 Å². The van der Waals surface area contributed by atoms with E-state index in [-0.39, 0.29) is 24.9 Å². The van der Waals surface area contributed by atoms with Gasteiger partial charge < -0.3 is 24.3 Å². The van der Waals surface area contributed by atoms with E-state index in [2.05, 4.69) is 5.32 Å². The zero-order valence-electron chi connectivity index (χ0n) is 13.8. The molecule has 0 saturated carbocycles. The van der Waals surface area contributed by atoms with Gasteiger partial charge in [-0.2, -0.15) is 0 Å². The molecular formula is C18H17NO6. The monoisotopic (exact) mass is 343 g/mol. The topological polar surface area (TPSA) is 83.1 Å². The molecule has 0 saturated heterocycles. The van der Waals surface area contributed by atoms with Gasteiger partial charge in [0.1, 0.15) is 23.0 Å². The Kier molecular flexibility index (Phi) is 4.74. The number of hydrogen-bond donors (Lipinski definition) is 1. The highest BCUT2D eigenvalue weighted by Gasteiger charge is 2.18. The molecule has 2 aromatic carbocycles. The van der Waals surface area contributed by atoms with Crippen LogP contribution in [0.2, 0.25) is 0 Å². The molecule has 0 fully saturated rings. The fraction of sp³-hybridized carbons (Fsp3) is 0.222. The first kappa shape index (κ1) is 16.6. The quantitative estimate of drug-likeness (QED) is 0.811. The first-order valence-electron chi connectivity index (χ1n) is 7.55. The lowest BCUT2D eigenvalue weighted by atomic mass is 10.1. The Bertz CT molecular complexity index is 817. The number of rotatable bonds is 6. The van der Waals surface area contributed by atoms with E-state index < -0.39 is 0 Å². The number of carbonyl (C=O) groups excluding carboxylic acids is 2. The summed E-state index contributed by atoms with van der Waals surface area (Å²) in [5, 5.41) is 2.69. The fourth-order valence-electron chi connectivity index (χ4n) is 2.41. The molecule has 0 aromatic heterocycles. The average molecular weight is 343 g/mol. The summed E-state index contributed by atoms with van der Waals surface area (Å²) in [6.45, 7) is -0.181. The van der Waals surface area contributed by atoms with Crippen molar-refractivity contribution in [1.29, 1.82) is 0 Å². The second kappa shape index (κ2) is 7.12. The molecule has 1 aliphatic rings. The van der Waals surface area contributed by atoms with Crippen molar-refractivity contribution in [3.05, 3.63) is 42.0 Å². The molecule has 1 N–H and O–H groups in total. The summed E-state index contributed by atoms with van der Waals surface area (Å²) in [6.07, 6.45) is 0. The van der Waals surface area contributed by atoms with Gasteiger partial charge in [-0.1, -0.05) is 0 Å². The molecule has 1 heterocycles. The number of hydrogen-bond acceptors (Lipinski definition) is 6. The lowest BCUT2D eigenvalue weighted by Crippen LogP contribution is -2.25. The highest BCUT2D eigenvalue weighted by Crippen LogP contribution is 2.31. The SMILES string of the molecule is COc1ccc(C(=O)COc2ccc3c(c2)NC(=O)CO3)c(OC)c1. The van der Waals surface area contributed by atoms with Crippen LogP contribution >= 0.6 is 0 Å². The molecule has 0 bridgehead atoms. The molecule has 1 amide bonds. The number of ketones is 1. The minimum Gasteiger partial charge on any atom is -0.497 e. The van der Waals surface area contributed by atoms with Crippen molar-refractivity contribution in [3.63, 3.8) is 0 Å². The molecule has 0 unspecified atom stereocenters. The van der Waals surface area contributed by atoms with E-state index >= 15 is 0 Å². The van der Waals surface area contributed by atoms with Crippen molar-refractivity contribution in [2.45, 2.75) is 0 Å². The lowest BCUT2D eigenvalue weighted by molar-refractivity contribution is -0.118. The minimum absolute atomic E-state index is 0.0110. The summed E-state index contributed by atoms with van der Waals surface area (Å²) >= 11 is 0. The van der Waals surface area contributed by atoms with Gasteiger partial charge in [0.15, 0.2) is 13.2 Å². The molecule has 0 aliphatic carbocycles. The van der Waals surface area contributed by atoms with Crippen LogP contribution in [0.5, 0.6) is 23.0 Å². The third-order valence-electron chi connectivity index (χ3n) is 3.66. The summed E-state index contributed by atoms with van der Waals surface area (Å²) in [6, 6.07) is 9.92. The van der Waals surface area contributed by atoms with Gasteiger partial charge in [-0.15, -0.1) is 0 Å². The second-order valence-electron chi connectivity index (χ2n) is 5.27. The Morgan fingerprint density at radius 2 is 1.92 bits per heavy atom. The smallest absolute Gasteiger partial charge is 0.262 e. The number of nitrogens with one attached hydrogen (secondary N) is 1. The third kappa shape index (κ3) is 3.65. The van der Waals surface area contributed by atoms with Crippen molar-refractivity contribution in [2.24, 2.45) is 0 Å². The molecular weight excluding hydrogens is 326 g/mol. The highest BCUT2D eigenvalue weighted by atomic mass is 16.5. The maximum absolute atomic E-state index is 12.4. The van der Waals surface area contributed by atoms with Gasteiger partial charge in [0.25, 0.3) is 5.91 Å². The molecule has 1 aliphatic heterocycles. The number of fused-ring (bicyclic) bond motifs is 1. The Morgan fingerprint density at radius 3 is 2.68 bits per heavy atom. The number of benzene rings is 2. The molecule has 0 spiro atoms. The molecule has 2 aromatic rings. The molecule has 7 nitrogen and oxygen atoms in total. The van der Waals surface area contributed by atoms with Crippen LogP contribution in [0.3, 0.4) is 0 Å². The van der Waals surface area contributed by atoms with E-state index in [0.717, 1.165) is 0 Å². The van der Waals surface area contributed by atoms with Crippen LogP contribution in [0, 0.1) is 0 Å². The van der Waals surface area contributed by atoms with Gasteiger partial charge in [0.05, 0.1) is 25.5 Å². The van der Waals surface area contributed by atoms with Gasteiger partial charge in [-0.25, -0.2) is 0 Å². The number of carbonyl (C=O) groups is 2. The zero-order chi connectivity index (χ0) is 17.8. The van der Waals surface area contributed by atoms with E-state index in [4.69, 9.17) is 18.9 Å². The van der Waals surface area contributed by atoms with Crippen LogP contribution in [-0.2, 0) is 4.79 Å². The van der Waals surface area contributed by atoms with Crippen molar-refractivity contribution in [3.8, 4) is 23.0 Å². The van der Waals surface area contributed by atoms with E-state index in [1.54, 1.807) is 36.4 Å². The average Bonchev–Trinajstić information content (AvgIpc) is 2.65. The first-order chi connectivity index (χ1) is 12.1. The van der Waals surface area contributed by atoms with E-state index in [1.807, 2.05) is 0 Å². The Labute approximate surface area is 144 Å². The Hall–Kier alpha value is -3.22. The zero-order valence-corrected chi connectivity index (χ0v) is 13.8. The Morgan fingerprint density at radius 1 is 1.12 bits per heavy atom. The number of methoxy groups -OCH3 is 2. The van der Waals surface area contributed by atoms with Gasteiger partial charge in [-0.3, -0.25) is 9.59 Å². The van der Waals surface area contributed by atoms with Crippen LogP contribution in [0.25, 0.3) is 0 Å². The van der Waals surface area contributed by atoms with Gasteiger partial charge in [-0.05, 0) is 24.3 Å². The predicted octanol–water partition coefficient (Wildman–Crippen LogP) is 2.30. The summed E-state index contributed by atoms with van der Waals surface area (Å²) < 4.78 is 21.2. The molecule has 25 heavy (non-hydrogen) atoms. The van der Waals surface area contributed by atoms with Gasteiger partial charge in [0, 0.05) is 12.1 Å². The normalized spacial score (nSPS) is 12.5. The van der Waals surface area contributed by atoms with Crippen molar-refractivity contribution in [1.82, 2.24) is 0 Å². The molecule has 0 atom stereocenters. The standard InChI is InChI=1S/C18H17NO6/c1-22-11-3-5-13(17(8-11)23-2)15(20)9-24-12-4-6-16-14(7-12)19-18(21)10-25-16/h3-8H,9-10H2,1-2H3,(H,19,21). The molecule has 0 radical (unpaired) electrons. The van der Waals surface area contributed by atoms with Crippen molar-refractivity contribution in [2.75, 3.05) is 32.8 Å². The third-order valence-corrected chi connectivity index (χ3v) is 3.66. The van der Waals surface area contributed by atoms with E-state index in [1.165, 1.54) is 14.2 Å². The van der Waals surface area contributed by atoms with Gasteiger partial charge in [0.2, 0.25) is 5.78 Å². The van der Waals surface area contributed by atoms with Crippen LogP contribution in [0.1, 0.15) is 10.4 Å². The number of amides is 1. The number of ether oxygens (including phenoxy) is 4. The maximum atomic E-state index is 12.4. The molecule has 130 valence electrons. The van der Waals surface area contributed by atoms with Crippen LogP contribution in [-0.4, -0.2) is 39.1 Å². The summed E-state index contributed by atoms with van der Waals surface area (Å²) in [5.74, 6) is 1.56. The van der Waals surface area contributed by atoms with Crippen LogP contribution in [0.15, 0.2) is 36.4 Å². The maximum Gasteiger partial charge on any atom is 0.262 e. The summed E-state index contributed by atoms with van der Waals surface area (Å²) in [7, 11) is 3.02. The van der Waals surface area contributed by atoms with E-state index in [0.29, 0.717) is 34.2 Å². The van der Waals surface area contributed by atoms with E-state index in [9.17, 15) is 9.59 Å². The Balaban J connectivity index is 1.70. The minimum atomic E-state index is -0.238. The molecule has 7 heteroatoms. The summed E-state index contributed by atoms with van der Waals surface area (Å²) in [5.41, 5.74) is 0.918. The summed E-state index contributed by atoms with van der Waals surface area (Å²) in [4.78, 5) is 23.8. The van der Waals surface area contributed by atoms with Crippen molar-refractivity contribution < 1.29 is 28.5 Å². The number of anilines is 1. The lowest BCUT2D eigenvalue weighted by Gasteiger charge is -2.18. The first-order valence-corrected chi connectivity index (χ1v) is 7.55. The predicted molar refractivity (Wildman–Crippen MR) is 89.9 cm³/mol.